The summed E-state index contributed by atoms with van der Waals surface area (Å²) in [6, 6.07) is 24.2. The Morgan fingerprint density at radius 1 is 1.10 bits per heavy atom. The molecule has 31 heavy (non-hydrogen) atoms. The van der Waals surface area contributed by atoms with Crippen LogP contribution in [0.25, 0.3) is 0 Å². The van der Waals surface area contributed by atoms with Gasteiger partial charge in [-0.15, -0.1) is 0 Å². The van der Waals surface area contributed by atoms with Crippen LogP contribution in [-0.4, -0.2) is 17.0 Å². The van der Waals surface area contributed by atoms with E-state index in [0.29, 0.717) is 18.5 Å². The van der Waals surface area contributed by atoms with Gasteiger partial charge in [0, 0.05) is 11.1 Å². The minimum atomic E-state index is -0.984. The van der Waals surface area contributed by atoms with Crippen LogP contribution >= 0.6 is 0 Å². The number of para-hydroxylation sites is 1. The first-order chi connectivity index (χ1) is 14.9. The predicted molar refractivity (Wildman–Crippen MR) is 116 cm³/mol. The molecule has 0 bridgehead atoms. The second-order valence-corrected chi connectivity index (χ2v) is 8.52. The van der Waals surface area contributed by atoms with Crippen molar-refractivity contribution in [2.24, 2.45) is 0 Å². The molecule has 2 aliphatic rings. The van der Waals surface area contributed by atoms with Crippen molar-refractivity contribution in [2.45, 2.75) is 30.7 Å². The number of anilines is 1. The molecule has 5 heteroatoms. The van der Waals surface area contributed by atoms with Gasteiger partial charge in [-0.1, -0.05) is 49.4 Å². The lowest BCUT2D eigenvalue weighted by molar-refractivity contribution is -0.120. The van der Waals surface area contributed by atoms with Crippen LogP contribution in [-0.2, 0) is 22.2 Å². The SMILES string of the molecule is C[C@]1(c2ccc(C#N)cc2)C[C@@]12C(=O)N(Cc1cccc(C(=O)O)c1)c1ccccc12. The maximum atomic E-state index is 13.8. The maximum Gasteiger partial charge on any atom is 0.335 e. The third-order valence-corrected chi connectivity index (χ3v) is 6.87. The first-order valence-corrected chi connectivity index (χ1v) is 10.1. The van der Waals surface area contributed by atoms with E-state index < -0.39 is 11.4 Å². The average Bonchev–Trinajstić information content (AvgIpc) is 3.38. The lowest BCUT2D eigenvalue weighted by atomic mass is 9.83. The molecule has 1 aliphatic heterocycles. The molecule has 0 saturated heterocycles. The zero-order valence-corrected chi connectivity index (χ0v) is 17.0. The summed E-state index contributed by atoms with van der Waals surface area (Å²) < 4.78 is 0. The molecule has 1 fully saturated rings. The molecule has 1 N–H and O–H groups in total. The molecule has 1 amide bonds. The predicted octanol–water partition coefficient (Wildman–Crippen LogP) is 4.40. The number of carbonyl (C=O) groups excluding carboxylic acids is 1. The number of carboxylic acid groups (broad SMARTS) is 1. The highest BCUT2D eigenvalue weighted by Gasteiger charge is 2.74. The third-order valence-electron chi connectivity index (χ3n) is 6.87. The highest BCUT2D eigenvalue weighted by atomic mass is 16.4. The van der Waals surface area contributed by atoms with Crippen LogP contribution in [0.5, 0.6) is 0 Å². The summed E-state index contributed by atoms with van der Waals surface area (Å²) in [7, 11) is 0. The van der Waals surface area contributed by atoms with Crippen molar-refractivity contribution >= 4 is 17.6 Å². The number of hydrogen-bond donors (Lipinski definition) is 1. The van der Waals surface area contributed by atoms with Gasteiger partial charge in [-0.05, 0) is 53.4 Å². The van der Waals surface area contributed by atoms with Crippen LogP contribution in [0.1, 0.15) is 46.0 Å². The van der Waals surface area contributed by atoms with E-state index in [9.17, 15) is 14.7 Å². The van der Waals surface area contributed by atoms with E-state index in [1.807, 2.05) is 42.5 Å². The van der Waals surface area contributed by atoms with Gasteiger partial charge in [0.05, 0.1) is 29.2 Å². The van der Waals surface area contributed by atoms with E-state index in [-0.39, 0.29) is 16.9 Å². The zero-order chi connectivity index (χ0) is 21.8. The number of nitrogens with zero attached hydrogens (tertiary/aromatic N) is 2. The van der Waals surface area contributed by atoms with Gasteiger partial charge in [-0.3, -0.25) is 4.79 Å². The highest BCUT2D eigenvalue weighted by molar-refractivity contribution is 6.12. The summed E-state index contributed by atoms with van der Waals surface area (Å²) in [4.78, 5) is 27.0. The Balaban J connectivity index is 1.55. The fraction of sp³-hybridized carbons (Fsp3) is 0.192. The van der Waals surface area contributed by atoms with E-state index in [0.717, 1.165) is 22.4 Å². The fourth-order valence-electron chi connectivity index (χ4n) is 5.12. The number of amides is 1. The van der Waals surface area contributed by atoms with Gasteiger partial charge in [0.25, 0.3) is 0 Å². The van der Waals surface area contributed by atoms with Gasteiger partial charge in [0.15, 0.2) is 0 Å². The summed E-state index contributed by atoms with van der Waals surface area (Å²) in [5.74, 6) is -0.941. The molecular weight excluding hydrogens is 388 g/mol. The molecular formula is C26H20N2O3. The number of rotatable bonds is 4. The monoisotopic (exact) mass is 408 g/mol. The summed E-state index contributed by atoms with van der Waals surface area (Å²) >= 11 is 0. The third kappa shape index (κ3) is 2.62. The molecule has 5 nitrogen and oxygen atoms in total. The van der Waals surface area contributed by atoms with E-state index in [4.69, 9.17) is 5.26 Å². The maximum absolute atomic E-state index is 13.8. The lowest BCUT2D eigenvalue weighted by Crippen LogP contribution is -2.35. The number of benzene rings is 3. The Hall–Kier alpha value is -3.91. The second kappa shape index (κ2) is 6.55. The van der Waals surface area contributed by atoms with Crippen molar-refractivity contribution in [1.82, 2.24) is 0 Å². The Morgan fingerprint density at radius 3 is 2.55 bits per heavy atom. The highest BCUT2D eigenvalue weighted by Crippen LogP contribution is 2.70. The van der Waals surface area contributed by atoms with Gasteiger partial charge in [-0.25, -0.2) is 4.79 Å². The van der Waals surface area contributed by atoms with E-state index in [1.165, 1.54) is 0 Å². The quantitative estimate of drug-likeness (QED) is 0.694. The number of carbonyl (C=O) groups is 2. The Bertz CT molecular complexity index is 1270. The van der Waals surface area contributed by atoms with Crippen molar-refractivity contribution < 1.29 is 14.7 Å². The molecule has 1 heterocycles. The summed E-state index contributed by atoms with van der Waals surface area (Å²) in [5.41, 5.74) is 3.53. The second-order valence-electron chi connectivity index (χ2n) is 8.52. The number of carboxylic acids is 1. The Morgan fingerprint density at radius 2 is 1.84 bits per heavy atom. The van der Waals surface area contributed by atoms with Crippen LogP contribution in [0.2, 0.25) is 0 Å². The molecule has 5 rings (SSSR count). The molecule has 152 valence electrons. The van der Waals surface area contributed by atoms with Gasteiger partial charge in [0.2, 0.25) is 5.91 Å². The van der Waals surface area contributed by atoms with Crippen molar-refractivity contribution in [2.75, 3.05) is 4.90 Å². The van der Waals surface area contributed by atoms with Crippen molar-refractivity contribution in [3.63, 3.8) is 0 Å². The van der Waals surface area contributed by atoms with Crippen molar-refractivity contribution in [3.05, 3.63) is 101 Å². The number of aromatic carboxylic acids is 1. The molecule has 3 aromatic rings. The first-order valence-electron chi connectivity index (χ1n) is 10.1. The van der Waals surface area contributed by atoms with Crippen LogP contribution in [0.15, 0.2) is 72.8 Å². The van der Waals surface area contributed by atoms with E-state index in [1.54, 1.807) is 35.2 Å². The summed E-state index contributed by atoms with van der Waals surface area (Å²) in [6.45, 7) is 2.43. The van der Waals surface area contributed by atoms with Crippen LogP contribution in [0.4, 0.5) is 5.69 Å². The van der Waals surface area contributed by atoms with Crippen LogP contribution < -0.4 is 4.90 Å². The standard InChI is InChI=1S/C26H20N2O3/c1-25(20-11-9-17(14-27)10-12-20)16-26(25)21-7-2-3-8-22(21)28(24(26)31)15-18-5-4-6-19(13-18)23(29)30/h2-13H,15-16H2,1H3,(H,29,30)/t25-,26-/m1/s1. The van der Waals surface area contributed by atoms with Gasteiger partial charge in [-0.2, -0.15) is 5.26 Å². The van der Waals surface area contributed by atoms with E-state index in [2.05, 4.69) is 13.0 Å². The minimum absolute atomic E-state index is 0.0429. The number of hydrogen-bond acceptors (Lipinski definition) is 3. The van der Waals surface area contributed by atoms with Crippen molar-refractivity contribution in [3.8, 4) is 6.07 Å². The topological polar surface area (TPSA) is 81.4 Å². The average molecular weight is 408 g/mol. The zero-order valence-electron chi connectivity index (χ0n) is 17.0. The molecule has 1 saturated carbocycles. The molecule has 0 aromatic heterocycles. The molecule has 1 aliphatic carbocycles. The smallest absolute Gasteiger partial charge is 0.335 e. The molecule has 0 unspecified atom stereocenters. The van der Waals surface area contributed by atoms with Crippen LogP contribution in [0, 0.1) is 11.3 Å². The summed E-state index contributed by atoms with van der Waals surface area (Å²) in [6.07, 6.45) is 0.702. The Labute approximate surface area is 180 Å². The van der Waals surface area contributed by atoms with Gasteiger partial charge < -0.3 is 10.0 Å². The summed E-state index contributed by atoms with van der Waals surface area (Å²) in [5, 5.41) is 18.4. The lowest BCUT2D eigenvalue weighted by Gasteiger charge is -2.21. The fourth-order valence-corrected chi connectivity index (χ4v) is 5.12. The normalized spacial score (nSPS) is 23.5. The number of nitriles is 1. The molecule has 3 aromatic carbocycles. The largest absolute Gasteiger partial charge is 0.478 e. The van der Waals surface area contributed by atoms with E-state index >= 15 is 0 Å². The molecule has 0 radical (unpaired) electrons. The van der Waals surface area contributed by atoms with Gasteiger partial charge in [0.1, 0.15) is 0 Å². The Kier molecular flexibility index (Phi) is 4.03. The molecule has 2 atom stereocenters. The molecule has 1 spiro atoms. The van der Waals surface area contributed by atoms with Gasteiger partial charge >= 0.3 is 5.97 Å². The van der Waals surface area contributed by atoms with Crippen molar-refractivity contribution in [1.29, 1.82) is 5.26 Å². The van der Waals surface area contributed by atoms with Crippen LogP contribution in [0.3, 0.4) is 0 Å². The number of fused-ring (bicyclic) bond motifs is 2. The minimum Gasteiger partial charge on any atom is -0.478 e. The first kappa shape index (κ1) is 19.1.